The van der Waals surface area contributed by atoms with E-state index in [2.05, 4.69) is 21.2 Å². The Labute approximate surface area is 115 Å². The van der Waals surface area contributed by atoms with E-state index in [0.29, 0.717) is 6.04 Å². The van der Waals surface area contributed by atoms with Gasteiger partial charge in [-0.1, -0.05) is 28.1 Å². The van der Waals surface area contributed by atoms with Gasteiger partial charge in [0.05, 0.1) is 6.04 Å². The Balaban J connectivity index is 2.00. The molecule has 1 N–H and O–H groups in total. The molecule has 1 aromatic carbocycles. The molecular weight excluding hydrogens is 298 g/mol. The molecule has 1 fully saturated rings. The number of thioether (sulfide) groups is 1. The molecule has 4 heteroatoms. The maximum Gasteiger partial charge on any atom is 0.141 e. The van der Waals surface area contributed by atoms with Gasteiger partial charge in [0.25, 0.3) is 0 Å². The van der Waals surface area contributed by atoms with E-state index in [1.54, 1.807) is 0 Å². The first kappa shape index (κ1) is 13.1. The maximum atomic E-state index is 11.2. The third-order valence-corrected chi connectivity index (χ3v) is 4.58. The first-order chi connectivity index (χ1) is 8.29. The number of carbonyl (C=O) groups is 1. The highest BCUT2D eigenvalue weighted by Gasteiger charge is 2.18. The van der Waals surface area contributed by atoms with Crippen LogP contribution in [0.3, 0.4) is 0 Å². The summed E-state index contributed by atoms with van der Waals surface area (Å²) in [6, 6.07) is 8.25. The van der Waals surface area contributed by atoms with E-state index < -0.39 is 0 Å². The molecule has 0 bridgehead atoms. The van der Waals surface area contributed by atoms with Crippen LogP contribution in [0.5, 0.6) is 0 Å². The van der Waals surface area contributed by atoms with Crippen LogP contribution in [-0.4, -0.2) is 23.8 Å². The van der Waals surface area contributed by atoms with Crippen molar-refractivity contribution >= 4 is 34.0 Å². The second kappa shape index (κ2) is 6.57. The van der Waals surface area contributed by atoms with Crippen molar-refractivity contribution in [2.45, 2.75) is 24.9 Å². The van der Waals surface area contributed by atoms with Gasteiger partial charge < -0.3 is 10.1 Å². The number of hydrogen-bond donors (Lipinski definition) is 1. The molecule has 1 aromatic rings. The van der Waals surface area contributed by atoms with Crippen LogP contribution in [0.4, 0.5) is 0 Å². The Morgan fingerprint density at radius 2 is 1.94 bits per heavy atom. The standard InChI is InChI=1S/C13H16BrNOS/c14-11-3-1-10(2-4-11)13(9-16)15-12-5-7-17-8-6-12/h1-4,9,12-13,15H,5-8H2. The minimum atomic E-state index is -0.170. The molecule has 2 nitrogen and oxygen atoms in total. The zero-order chi connectivity index (χ0) is 12.1. The monoisotopic (exact) mass is 313 g/mol. The van der Waals surface area contributed by atoms with Crippen LogP contribution in [0.15, 0.2) is 28.7 Å². The van der Waals surface area contributed by atoms with Crippen LogP contribution in [0, 0.1) is 0 Å². The van der Waals surface area contributed by atoms with Gasteiger partial charge in [0.15, 0.2) is 0 Å². The molecule has 0 aliphatic carbocycles. The highest BCUT2D eigenvalue weighted by molar-refractivity contribution is 9.10. The Morgan fingerprint density at radius 3 is 2.53 bits per heavy atom. The van der Waals surface area contributed by atoms with Crippen molar-refractivity contribution in [3.05, 3.63) is 34.3 Å². The van der Waals surface area contributed by atoms with Gasteiger partial charge in [-0.2, -0.15) is 11.8 Å². The van der Waals surface area contributed by atoms with Crippen LogP contribution in [-0.2, 0) is 4.79 Å². The molecule has 1 atom stereocenters. The minimum Gasteiger partial charge on any atom is -0.301 e. The zero-order valence-corrected chi connectivity index (χ0v) is 12.0. The highest BCUT2D eigenvalue weighted by atomic mass is 79.9. The topological polar surface area (TPSA) is 29.1 Å². The fourth-order valence-electron chi connectivity index (χ4n) is 2.00. The summed E-state index contributed by atoms with van der Waals surface area (Å²) in [4.78, 5) is 11.2. The lowest BCUT2D eigenvalue weighted by Gasteiger charge is -2.26. The Hall–Kier alpha value is -0.320. The number of nitrogens with one attached hydrogen (secondary N) is 1. The van der Waals surface area contributed by atoms with Gasteiger partial charge in [0.2, 0.25) is 0 Å². The molecule has 0 spiro atoms. The van der Waals surface area contributed by atoms with E-state index in [1.165, 1.54) is 11.5 Å². The van der Waals surface area contributed by atoms with Crippen molar-refractivity contribution in [2.75, 3.05) is 11.5 Å². The lowest BCUT2D eigenvalue weighted by molar-refractivity contribution is -0.109. The average molecular weight is 314 g/mol. The molecule has 0 saturated carbocycles. The van der Waals surface area contributed by atoms with Crippen molar-refractivity contribution in [2.24, 2.45) is 0 Å². The van der Waals surface area contributed by atoms with Crippen molar-refractivity contribution < 1.29 is 4.79 Å². The molecule has 1 aliphatic rings. The van der Waals surface area contributed by atoms with E-state index in [9.17, 15) is 4.79 Å². The summed E-state index contributed by atoms with van der Waals surface area (Å²) in [7, 11) is 0. The fraction of sp³-hybridized carbons (Fsp3) is 0.462. The molecule has 1 saturated heterocycles. The second-order valence-electron chi connectivity index (χ2n) is 4.22. The summed E-state index contributed by atoms with van der Waals surface area (Å²) < 4.78 is 1.04. The fourth-order valence-corrected chi connectivity index (χ4v) is 3.37. The molecule has 0 aromatic heterocycles. The first-order valence-electron chi connectivity index (χ1n) is 5.84. The van der Waals surface area contributed by atoms with Crippen LogP contribution in [0.2, 0.25) is 0 Å². The SMILES string of the molecule is O=CC(NC1CCSCC1)c1ccc(Br)cc1. The van der Waals surface area contributed by atoms with Crippen LogP contribution in [0.25, 0.3) is 0 Å². The highest BCUT2D eigenvalue weighted by Crippen LogP contribution is 2.21. The summed E-state index contributed by atoms with van der Waals surface area (Å²) >= 11 is 5.40. The van der Waals surface area contributed by atoms with Gasteiger partial charge in [0.1, 0.15) is 6.29 Å². The second-order valence-corrected chi connectivity index (χ2v) is 6.36. The molecule has 2 rings (SSSR count). The van der Waals surface area contributed by atoms with Crippen LogP contribution < -0.4 is 5.32 Å². The van der Waals surface area contributed by atoms with Crippen LogP contribution in [0.1, 0.15) is 24.4 Å². The molecule has 1 heterocycles. The predicted octanol–water partition coefficient (Wildman–Crippen LogP) is 3.17. The van der Waals surface area contributed by atoms with Gasteiger partial charge in [-0.25, -0.2) is 0 Å². The summed E-state index contributed by atoms with van der Waals surface area (Å²) in [5.41, 5.74) is 1.04. The smallest absolute Gasteiger partial charge is 0.141 e. The van der Waals surface area contributed by atoms with Crippen molar-refractivity contribution in [1.82, 2.24) is 5.32 Å². The van der Waals surface area contributed by atoms with E-state index in [-0.39, 0.29) is 6.04 Å². The quantitative estimate of drug-likeness (QED) is 0.866. The normalized spacial score (nSPS) is 18.9. The summed E-state index contributed by atoms with van der Waals surface area (Å²) in [6.07, 6.45) is 3.32. The third-order valence-electron chi connectivity index (χ3n) is 3.00. The molecule has 0 amide bonds. The molecule has 0 radical (unpaired) electrons. The van der Waals surface area contributed by atoms with Gasteiger partial charge in [-0.3, -0.25) is 0 Å². The number of carbonyl (C=O) groups excluding carboxylic acids is 1. The number of halogens is 1. The zero-order valence-electron chi connectivity index (χ0n) is 9.56. The summed E-state index contributed by atoms with van der Waals surface area (Å²) in [5, 5.41) is 3.44. The number of benzene rings is 1. The lowest BCUT2D eigenvalue weighted by atomic mass is 10.1. The molecule has 1 unspecified atom stereocenters. The van der Waals surface area contributed by atoms with Crippen molar-refractivity contribution in [3.63, 3.8) is 0 Å². The Bertz CT molecular complexity index is 362. The molecule has 1 aliphatic heterocycles. The van der Waals surface area contributed by atoms with Gasteiger partial charge in [0, 0.05) is 10.5 Å². The van der Waals surface area contributed by atoms with Gasteiger partial charge in [-0.15, -0.1) is 0 Å². The van der Waals surface area contributed by atoms with E-state index in [4.69, 9.17) is 0 Å². The number of aldehydes is 1. The summed E-state index contributed by atoms with van der Waals surface area (Å²) in [5.74, 6) is 2.40. The molecule has 17 heavy (non-hydrogen) atoms. The van der Waals surface area contributed by atoms with Crippen molar-refractivity contribution in [1.29, 1.82) is 0 Å². The minimum absolute atomic E-state index is 0.170. The Kier molecular flexibility index (Phi) is 5.07. The largest absolute Gasteiger partial charge is 0.301 e. The molecular formula is C13H16BrNOS. The number of hydrogen-bond acceptors (Lipinski definition) is 3. The third kappa shape index (κ3) is 3.83. The average Bonchev–Trinajstić information content (AvgIpc) is 2.38. The van der Waals surface area contributed by atoms with E-state index in [0.717, 1.165) is 29.2 Å². The van der Waals surface area contributed by atoms with Gasteiger partial charge >= 0.3 is 0 Å². The number of rotatable bonds is 4. The van der Waals surface area contributed by atoms with Gasteiger partial charge in [-0.05, 0) is 42.0 Å². The predicted molar refractivity (Wildman–Crippen MR) is 76.4 cm³/mol. The first-order valence-corrected chi connectivity index (χ1v) is 7.79. The van der Waals surface area contributed by atoms with Crippen molar-refractivity contribution in [3.8, 4) is 0 Å². The van der Waals surface area contributed by atoms with E-state index >= 15 is 0 Å². The Morgan fingerprint density at radius 1 is 1.29 bits per heavy atom. The molecule has 92 valence electrons. The summed E-state index contributed by atoms with van der Waals surface area (Å²) in [6.45, 7) is 0. The maximum absolute atomic E-state index is 11.2. The van der Waals surface area contributed by atoms with E-state index in [1.807, 2.05) is 36.0 Å². The lowest BCUT2D eigenvalue weighted by Crippen LogP contribution is -2.36. The van der Waals surface area contributed by atoms with Crippen LogP contribution >= 0.6 is 27.7 Å².